The molecule has 0 N–H and O–H groups in total. The lowest BCUT2D eigenvalue weighted by Gasteiger charge is -2.19. The summed E-state index contributed by atoms with van der Waals surface area (Å²) in [5.74, 6) is 0.245. The summed E-state index contributed by atoms with van der Waals surface area (Å²) in [6, 6.07) is 6.88. The van der Waals surface area contributed by atoms with Gasteiger partial charge in [0.05, 0.1) is 0 Å². The second kappa shape index (κ2) is 8.82. The van der Waals surface area contributed by atoms with E-state index in [1.807, 2.05) is 0 Å². The first-order valence-corrected chi connectivity index (χ1v) is 7.25. The van der Waals surface area contributed by atoms with Gasteiger partial charge in [-0.3, -0.25) is 0 Å². The second-order valence-corrected chi connectivity index (χ2v) is 4.84. The fourth-order valence-corrected chi connectivity index (χ4v) is 1.82. The molecule has 0 aliphatic carbocycles. The van der Waals surface area contributed by atoms with Gasteiger partial charge in [-0.05, 0) is 44.3 Å². The van der Waals surface area contributed by atoms with Gasteiger partial charge < -0.3 is 14.4 Å². The predicted octanol–water partition coefficient (Wildman–Crippen LogP) is 2.99. The van der Waals surface area contributed by atoms with Crippen LogP contribution in [0, 0.1) is 0 Å². The van der Waals surface area contributed by atoms with Gasteiger partial charge in [-0.15, -0.1) is 0 Å². The van der Waals surface area contributed by atoms with Crippen LogP contribution in [-0.4, -0.2) is 43.2 Å². The van der Waals surface area contributed by atoms with Crippen molar-refractivity contribution in [1.29, 1.82) is 0 Å². The van der Waals surface area contributed by atoms with Crippen molar-refractivity contribution >= 4 is 17.6 Å². The Bertz CT molecular complexity index is 404. The monoisotopic (exact) mass is 299 g/mol. The third-order valence-corrected chi connectivity index (χ3v) is 3.26. The molecule has 0 aromatic heterocycles. The minimum Gasteiger partial charge on any atom is -0.479 e. The zero-order chi connectivity index (χ0) is 15.0. The van der Waals surface area contributed by atoms with E-state index >= 15 is 0 Å². The summed E-state index contributed by atoms with van der Waals surface area (Å²) in [6.07, 6.45) is -0.632. The second-order valence-electron chi connectivity index (χ2n) is 4.41. The molecule has 1 atom stereocenters. The van der Waals surface area contributed by atoms with Crippen molar-refractivity contribution in [3.05, 3.63) is 29.3 Å². The van der Waals surface area contributed by atoms with Crippen LogP contribution in [0.1, 0.15) is 20.8 Å². The number of carbonyl (C=O) groups excluding carboxylic acids is 1. The summed E-state index contributed by atoms with van der Waals surface area (Å²) in [6.45, 7) is 8.86. The Morgan fingerprint density at radius 3 is 2.40 bits per heavy atom. The minimum absolute atomic E-state index is 0.355. The zero-order valence-electron chi connectivity index (χ0n) is 12.3. The Balaban J connectivity index is 2.33. The molecule has 1 rings (SSSR count). The third-order valence-electron chi connectivity index (χ3n) is 3.00. The first kappa shape index (κ1) is 16.8. The number of nitrogens with zero attached hydrogens (tertiary/aromatic N) is 1. The minimum atomic E-state index is -0.632. The van der Waals surface area contributed by atoms with Gasteiger partial charge in [-0.25, -0.2) is 4.79 Å². The summed E-state index contributed by atoms with van der Waals surface area (Å²) in [5.41, 5.74) is 0. The molecule has 0 radical (unpaired) electrons. The topological polar surface area (TPSA) is 38.8 Å². The molecule has 0 unspecified atom stereocenters. The van der Waals surface area contributed by atoms with Gasteiger partial charge in [0.1, 0.15) is 12.4 Å². The molecule has 1 aromatic carbocycles. The molecule has 0 spiro atoms. The summed E-state index contributed by atoms with van der Waals surface area (Å²) >= 11 is 5.78. The van der Waals surface area contributed by atoms with Crippen LogP contribution in [-0.2, 0) is 9.53 Å². The number of likely N-dealkylation sites (N-methyl/N-ethyl adjacent to an activating group) is 1. The quantitative estimate of drug-likeness (QED) is 0.692. The van der Waals surface area contributed by atoms with E-state index in [1.54, 1.807) is 31.2 Å². The van der Waals surface area contributed by atoms with E-state index < -0.39 is 6.10 Å². The van der Waals surface area contributed by atoms with Crippen molar-refractivity contribution in [1.82, 2.24) is 4.90 Å². The maximum atomic E-state index is 11.8. The molecule has 0 amide bonds. The molecule has 1 aromatic rings. The van der Waals surface area contributed by atoms with E-state index in [0.29, 0.717) is 17.4 Å². The number of hydrogen-bond acceptors (Lipinski definition) is 4. The van der Waals surface area contributed by atoms with Crippen LogP contribution in [0.2, 0.25) is 5.02 Å². The average Bonchev–Trinajstić information content (AvgIpc) is 2.45. The first-order chi connectivity index (χ1) is 9.56. The number of ether oxygens (including phenoxy) is 2. The van der Waals surface area contributed by atoms with Crippen molar-refractivity contribution in [2.45, 2.75) is 26.9 Å². The lowest BCUT2D eigenvalue weighted by molar-refractivity contribution is -0.151. The summed E-state index contributed by atoms with van der Waals surface area (Å²) in [7, 11) is 0. The molecular formula is C15H22ClNO3. The van der Waals surface area contributed by atoms with Gasteiger partial charge in [-0.2, -0.15) is 0 Å². The average molecular weight is 300 g/mol. The highest BCUT2D eigenvalue weighted by Crippen LogP contribution is 2.17. The molecular weight excluding hydrogens is 278 g/mol. The fraction of sp³-hybridized carbons (Fsp3) is 0.533. The lowest BCUT2D eigenvalue weighted by Crippen LogP contribution is -2.31. The molecule has 0 aliphatic heterocycles. The Hall–Kier alpha value is -1.26. The SMILES string of the molecule is CCN(CC)CCOC(=O)[C@H](C)Oc1ccc(Cl)cc1. The molecule has 20 heavy (non-hydrogen) atoms. The van der Waals surface area contributed by atoms with Crippen molar-refractivity contribution in [2.24, 2.45) is 0 Å². The van der Waals surface area contributed by atoms with Crippen LogP contribution >= 0.6 is 11.6 Å². The molecule has 112 valence electrons. The van der Waals surface area contributed by atoms with E-state index in [0.717, 1.165) is 19.6 Å². The molecule has 4 nitrogen and oxygen atoms in total. The Kier molecular flexibility index (Phi) is 7.41. The number of hydrogen-bond donors (Lipinski definition) is 0. The fourth-order valence-electron chi connectivity index (χ4n) is 1.70. The highest BCUT2D eigenvalue weighted by Gasteiger charge is 2.16. The van der Waals surface area contributed by atoms with E-state index in [-0.39, 0.29) is 5.97 Å². The van der Waals surface area contributed by atoms with Crippen LogP contribution in [0.25, 0.3) is 0 Å². The van der Waals surface area contributed by atoms with Gasteiger partial charge >= 0.3 is 5.97 Å². The van der Waals surface area contributed by atoms with E-state index in [2.05, 4.69) is 18.7 Å². The molecule has 0 saturated carbocycles. The predicted molar refractivity (Wildman–Crippen MR) is 80.3 cm³/mol. The van der Waals surface area contributed by atoms with E-state index in [4.69, 9.17) is 21.1 Å². The normalized spacial score (nSPS) is 12.2. The van der Waals surface area contributed by atoms with Gasteiger partial charge in [0.15, 0.2) is 6.10 Å². The molecule has 0 saturated heterocycles. The zero-order valence-corrected chi connectivity index (χ0v) is 13.0. The smallest absolute Gasteiger partial charge is 0.347 e. The number of esters is 1. The largest absolute Gasteiger partial charge is 0.479 e. The maximum Gasteiger partial charge on any atom is 0.347 e. The highest BCUT2D eigenvalue weighted by atomic mass is 35.5. The van der Waals surface area contributed by atoms with Crippen molar-refractivity contribution in [3.8, 4) is 5.75 Å². The molecule has 0 aliphatic rings. The number of halogens is 1. The number of benzene rings is 1. The molecule has 0 bridgehead atoms. The Morgan fingerprint density at radius 1 is 1.25 bits per heavy atom. The summed E-state index contributed by atoms with van der Waals surface area (Å²) < 4.78 is 10.7. The molecule has 5 heteroatoms. The van der Waals surface area contributed by atoms with Crippen LogP contribution in [0.3, 0.4) is 0 Å². The Morgan fingerprint density at radius 2 is 1.85 bits per heavy atom. The van der Waals surface area contributed by atoms with Gasteiger partial charge in [0.25, 0.3) is 0 Å². The van der Waals surface area contributed by atoms with Crippen LogP contribution in [0.5, 0.6) is 5.75 Å². The van der Waals surface area contributed by atoms with E-state index in [9.17, 15) is 4.79 Å². The summed E-state index contributed by atoms with van der Waals surface area (Å²) in [4.78, 5) is 14.0. The number of carbonyl (C=O) groups is 1. The van der Waals surface area contributed by atoms with Gasteiger partial charge in [-0.1, -0.05) is 25.4 Å². The molecule has 0 fully saturated rings. The van der Waals surface area contributed by atoms with E-state index in [1.165, 1.54) is 0 Å². The van der Waals surface area contributed by atoms with Gasteiger partial charge in [0.2, 0.25) is 0 Å². The third kappa shape index (κ3) is 5.80. The van der Waals surface area contributed by atoms with Crippen molar-refractivity contribution in [3.63, 3.8) is 0 Å². The van der Waals surface area contributed by atoms with Gasteiger partial charge in [0, 0.05) is 11.6 Å². The first-order valence-electron chi connectivity index (χ1n) is 6.88. The Labute approximate surface area is 125 Å². The maximum absolute atomic E-state index is 11.8. The summed E-state index contributed by atoms with van der Waals surface area (Å²) in [5, 5.41) is 0.631. The van der Waals surface area contributed by atoms with Crippen molar-refractivity contribution < 1.29 is 14.3 Å². The van der Waals surface area contributed by atoms with Crippen molar-refractivity contribution in [2.75, 3.05) is 26.2 Å². The lowest BCUT2D eigenvalue weighted by atomic mass is 10.3. The molecule has 0 heterocycles. The van der Waals surface area contributed by atoms with Crippen LogP contribution in [0.4, 0.5) is 0 Å². The standard InChI is InChI=1S/C15H22ClNO3/c1-4-17(5-2)10-11-19-15(18)12(3)20-14-8-6-13(16)7-9-14/h6-9,12H,4-5,10-11H2,1-3H3/t12-/m0/s1. The number of rotatable bonds is 8. The van der Waals surface area contributed by atoms with Crippen LogP contribution < -0.4 is 4.74 Å². The highest BCUT2D eigenvalue weighted by molar-refractivity contribution is 6.30. The van der Waals surface area contributed by atoms with Crippen LogP contribution in [0.15, 0.2) is 24.3 Å².